The van der Waals surface area contributed by atoms with Crippen LogP contribution in [0.2, 0.25) is 0 Å². The number of hydrogen-bond donors (Lipinski definition) is 0. The zero-order valence-electron chi connectivity index (χ0n) is 19.2. The lowest BCUT2D eigenvalue weighted by molar-refractivity contribution is -0.122. The van der Waals surface area contributed by atoms with Gasteiger partial charge in [0, 0.05) is 18.8 Å². The Kier molecular flexibility index (Phi) is 6.79. The number of ether oxygens (including phenoxy) is 1. The van der Waals surface area contributed by atoms with E-state index >= 15 is 0 Å². The Morgan fingerprint density at radius 1 is 0.971 bits per heavy atom. The van der Waals surface area contributed by atoms with Gasteiger partial charge in [-0.1, -0.05) is 54.6 Å². The summed E-state index contributed by atoms with van der Waals surface area (Å²) in [6.45, 7) is 5.92. The lowest BCUT2D eigenvalue weighted by Crippen LogP contribution is -2.36. The molecule has 0 aliphatic carbocycles. The lowest BCUT2D eigenvalue weighted by Gasteiger charge is -2.29. The molecule has 0 N–H and O–H groups in total. The predicted molar refractivity (Wildman–Crippen MR) is 140 cm³/mol. The van der Waals surface area contributed by atoms with Gasteiger partial charge in [0.2, 0.25) is 0 Å². The standard InChI is InChI=1S/C28H27N3O2S/c1-21-18-25(30-14-16-33-17-15-30)13-12-23(21)19-26-27(32)31(20-22-8-4-2-5-9-22)28(34-26)29-24-10-6-3-7-11-24/h2-13,18-19H,14-17,20H2,1H3/b26-19-,29-28?. The molecule has 0 aromatic heterocycles. The molecule has 2 saturated heterocycles. The molecular formula is C28H27N3O2S. The Bertz CT molecular complexity index is 1220. The molecule has 0 saturated carbocycles. The van der Waals surface area contributed by atoms with Gasteiger partial charge in [0.15, 0.2) is 5.17 Å². The number of para-hydroxylation sites is 1. The maximum atomic E-state index is 13.5. The minimum Gasteiger partial charge on any atom is -0.378 e. The average Bonchev–Trinajstić information content (AvgIpc) is 3.16. The SMILES string of the molecule is Cc1cc(N2CCOCC2)ccc1/C=C1\SC(=Nc2ccccc2)N(Cc2ccccc2)C1=O. The van der Waals surface area contributed by atoms with Crippen molar-refractivity contribution in [3.05, 3.63) is 100 Å². The summed E-state index contributed by atoms with van der Waals surface area (Å²) in [5, 5.41) is 0.703. The Hall–Kier alpha value is -3.35. The zero-order chi connectivity index (χ0) is 23.3. The van der Waals surface area contributed by atoms with E-state index in [9.17, 15) is 4.79 Å². The van der Waals surface area contributed by atoms with Crippen LogP contribution in [0, 0.1) is 6.92 Å². The van der Waals surface area contributed by atoms with E-state index in [1.54, 1.807) is 4.90 Å². The molecule has 0 bridgehead atoms. The number of aliphatic imine (C=N–C) groups is 1. The molecule has 3 aromatic rings. The summed E-state index contributed by atoms with van der Waals surface area (Å²) in [5.41, 5.74) is 5.31. The number of benzene rings is 3. The second-order valence-corrected chi connectivity index (χ2v) is 9.37. The van der Waals surface area contributed by atoms with Crippen molar-refractivity contribution in [2.75, 3.05) is 31.2 Å². The van der Waals surface area contributed by atoms with Gasteiger partial charge >= 0.3 is 0 Å². The first kappa shape index (κ1) is 22.4. The van der Waals surface area contributed by atoms with Crippen LogP contribution in [0.5, 0.6) is 0 Å². The van der Waals surface area contributed by atoms with E-state index in [1.165, 1.54) is 17.4 Å². The van der Waals surface area contributed by atoms with Crippen molar-refractivity contribution in [3.63, 3.8) is 0 Å². The Morgan fingerprint density at radius 3 is 2.38 bits per heavy atom. The monoisotopic (exact) mass is 469 g/mol. The Labute approximate surface area is 204 Å². The van der Waals surface area contributed by atoms with E-state index in [0.29, 0.717) is 16.6 Å². The maximum Gasteiger partial charge on any atom is 0.267 e. The van der Waals surface area contributed by atoms with E-state index in [4.69, 9.17) is 9.73 Å². The van der Waals surface area contributed by atoms with Crippen molar-refractivity contribution in [1.29, 1.82) is 0 Å². The largest absolute Gasteiger partial charge is 0.378 e. The van der Waals surface area contributed by atoms with Gasteiger partial charge in [0.1, 0.15) is 0 Å². The summed E-state index contributed by atoms with van der Waals surface area (Å²) >= 11 is 1.44. The van der Waals surface area contributed by atoms with Crippen molar-refractivity contribution < 1.29 is 9.53 Å². The molecule has 0 spiro atoms. The molecule has 172 valence electrons. The van der Waals surface area contributed by atoms with Crippen LogP contribution in [-0.4, -0.2) is 42.3 Å². The van der Waals surface area contributed by atoms with Gasteiger partial charge in [0.05, 0.1) is 30.4 Å². The fraction of sp³-hybridized carbons (Fsp3) is 0.214. The molecule has 0 atom stereocenters. The summed E-state index contributed by atoms with van der Waals surface area (Å²) in [5.74, 6) is -0.0137. The molecular weight excluding hydrogens is 442 g/mol. The number of morpholine rings is 1. The summed E-state index contributed by atoms with van der Waals surface area (Å²) in [7, 11) is 0. The quantitative estimate of drug-likeness (QED) is 0.454. The second kappa shape index (κ2) is 10.3. The molecule has 0 radical (unpaired) electrons. The zero-order valence-corrected chi connectivity index (χ0v) is 20.0. The number of nitrogens with zero attached hydrogens (tertiary/aromatic N) is 3. The van der Waals surface area contributed by atoms with E-state index in [0.717, 1.165) is 48.7 Å². The van der Waals surface area contributed by atoms with Crippen LogP contribution in [0.25, 0.3) is 6.08 Å². The van der Waals surface area contributed by atoms with Gasteiger partial charge in [-0.2, -0.15) is 0 Å². The molecule has 0 unspecified atom stereocenters. The Balaban J connectivity index is 1.44. The molecule has 2 aliphatic rings. The summed E-state index contributed by atoms with van der Waals surface area (Å²) in [4.78, 5) is 23.1. The fourth-order valence-electron chi connectivity index (χ4n) is 4.09. The van der Waals surface area contributed by atoms with E-state index < -0.39 is 0 Å². The van der Waals surface area contributed by atoms with E-state index in [1.807, 2.05) is 66.7 Å². The summed E-state index contributed by atoms with van der Waals surface area (Å²) < 4.78 is 5.47. The molecule has 5 nitrogen and oxygen atoms in total. The van der Waals surface area contributed by atoms with E-state index in [-0.39, 0.29) is 5.91 Å². The summed E-state index contributed by atoms with van der Waals surface area (Å²) in [6.07, 6.45) is 2.00. The minimum absolute atomic E-state index is 0.0137. The molecule has 2 heterocycles. The number of carbonyl (C=O) groups excluding carboxylic acids is 1. The van der Waals surface area contributed by atoms with Gasteiger partial charge in [-0.25, -0.2) is 4.99 Å². The third-order valence-corrected chi connectivity index (χ3v) is 6.98. The third kappa shape index (κ3) is 5.08. The first-order chi connectivity index (χ1) is 16.7. The van der Waals surface area contributed by atoms with Crippen LogP contribution in [0.3, 0.4) is 0 Å². The normalized spacial score (nSPS) is 18.8. The number of anilines is 1. The molecule has 6 heteroatoms. The van der Waals surface area contributed by atoms with Crippen LogP contribution in [0.1, 0.15) is 16.7 Å². The van der Waals surface area contributed by atoms with Gasteiger partial charge in [0.25, 0.3) is 5.91 Å². The average molecular weight is 470 g/mol. The van der Waals surface area contributed by atoms with Crippen molar-refractivity contribution in [2.45, 2.75) is 13.5 Å². The van der Waals surface area contributed by atoms with Gasteiger partial charge in [-0.3, -0.25) is 9.69 Å². The van der Waals surface area contributed by atoms with Gasteiger partial charge in [-0.05, 0) is 65.7 Å². The Morgan fingerprint density at radius 2 is 1.68 bits per heavy atom. The highest BCUT2D eigenvalue weighted by atomic mass is 32.2. The molecule has 2 aliphatic heterocycles. The lowest BCUT2D eigenvalue weighted by atomic mass is 10.1. The fourth-order valence-corrected chi connectivity index (χ4v) is 5.08. The number of amidine groups is 1. The second-order valence-electron chi connectivity index (χ2n) is 8.36. The highest BCUT2D eigenvalue weighted by Gasteiger charge is 2.33. The highest BCUT2D eigenvalue weighted by molar-refractivity contribution is 8.18. The number of amides is 1. The minimum atomic E-state index is -0.0137. The summed E-state index contributed by atoms with van der Waals surface area (Å²) in [6, 6.07) is 26.3. The molecule has 1 amide bonds. The van der Waals surface area contributed by atoms with Crippen LogP contribution < -0.4 is 4.90 Å². The third-order valence-electron chi connectivity index (χ3n) is 5.97. The number of hydrogen-bond acceptors (Lipinski definition) is 5. The molecule has 3 aromatic carbocycles. The molecule has 34 heavy (non-hydrogen) atoms. The first-order valence-electron chi connectivity index (χ1n) is 11.5. The van der Waals surface area contributed by atoms with Crippen molar-refractivity contribution >= 4 is 40.3 Å². The highest BCUT2D eigenvalue weighted by Crippen LogP contribution is 2.36. The molecule has 5 rings (SSSR count). The number of thioether (sulfide) groups is 1. The van der Waals surface area contributed by atoms with Crippen molar-refractivity contribution in [1.82, 2.24) is 4.90 Å². The van der Waals surface area contributed by atoms with Gasteiger partial charge in [-0.15, -0.1) is 0 Å². The van der Waals surface area contributed by atoms with Crippen molar-refractivity contribution in [2.24, 2.45) is 4.99 Å². The number of carbonyl (C=O) groups is 1. The maximum absolute atomic E-state index is 13.5. The predicted octanol–water partition coefficient (Wildman–Crippen LogP) is 5.64. The van der Waals surface area contributed by atoms with E-state index in [2.05, 4.69) is 30.0 Å². The molecule has 2 fully saturated rings. The van der Waals surface area contributed by atoms with Crippen LogP contribution in [0.15, 0.2) is 88.8 Å². The van der Waals surface area contributed by atoms with Crippen molar-refractivity contribution in [3.8, 4) is 0 Å². The van der Waals surface area contributed by atoms with Crippen LogP contribution in [0.4, 0.5) is 11.4 Å². The first-order valence-corrected chi connectivity index (χ1v) is 12.3. The smallest absolute Gasteiger partial charge is 0.267 e. The van der Waals surface area contributed by atoms with Crippen LogP contribution >= 0.6 is 11.8 Å². The topological polar surface area (TPSA) is 45.1 Å². The number of rotatable bonds is 5. The number of aryl methyl sites for hydroxylation is 1. The van der Waals surface area contributed by atoms with Gasteiger partial charge < -0.3 is 9.64 Å². The van der Waals surface area contributed by atoms with Crippen LogP contribution in [-0.2, 0) is 16.1 Å².